The topological polar surface area (TPSA) is 59.6 Å². The highest BCUT2D eigenvalue weighted by atomic mass is 32.2. The number of ether oxygens (including phenoxy) is 2. The molecule has 1 aromatic rings. The lowest BCUT2D eigenvalue weighted by Gasteiger charge is -2.23. The molecule has 2 aliphatic rings. The van der Waals surface area contributed by atoms with Crippen LogP contribution in [0.15, 0.2) is 18.2 Å². The van der Waals surface area contributed by atoms with Crippen LogP contribution in [0.2, 0.25) is 0 Å². The maximum Gasteiger partial charge on any atom is 0.231 e. The van der Waals surface area contributed by atoms with Crippen molar-refractivity contribution in [3.63, 3.8) is 0 Å². The molecule has 6 heteroatoms. The van der Waals surface area contributed by atoms with Crippen molar-refractivity contribution in [2.24, 2.45) is 0 Å². The van der Waals surface area contributed by atoms with Gasteiger partial charge in [0, 0.05) is 30.5 Å². The van der Waals surface area contributed by atoms with Crippen LogP contribution >= 0.6 is 11.8 Å². The summed E-state index contributed by atoms with van der Waals surface area (Å²) >= 11 is 1.90. The normalized spacial score (nSPS) is 21.9. The third-order valence-corrected chi connectivity index (χ3v) is 4.84. The van der Waals surface area contributed by atoms with Crippen molar-refractivity contribution in [3.05, 3.63) is 23.8 Å². The minimum atomic E-state index is -0.0387. The van der Waals surface area contributed by atoms with E-state index >= 15 is 0 Å². The number of benzene rings is 1. The first-order valence-electron chi connectivity index (χ1n) is 7.22. The number of amides is 1. The molecule has 2 atom stereocenters. The molecular weight excluding hydrogens is 288 g/mol. The minimum Gasteiger partial charge on any atom is -0.454 e. The molecule has 5 nitrogen and oxygen atoms in total. The Morgan fingerprint density at radius 1 is 1.48 bits per heavy atom. The second-order valence-electron chi connectivity index (χ2n) is 5.33. The summed E-state index contributed by atoms with van der Waals surface area (Å²) in [5, 5.41) is 6.43. The lowest BCUT2D eigenvalue weighted by Crippen LogP contribution is -2.41. The molecule has 1 amide bonds. The third kappa shape index (κ3) is 3.63. The molecule has 0 aliphatic carbocycles. The predicted molar refractivity (Wildman–Crippen MR) is 82.9 cm³/mol. The fourth-order valence-electron chi connectivity index (χ4n) is 2.54. The summed E-state index contributed by atoms with van der Waals surface area (Å²) in [6.07, 6.45) is 0.530. The van der Waals surface area contributed by atoms with Crippen LogP contribution in [0.1, 0.15) is 24.9 Å². The smallest absolute Gasteiger partial charge is 0.231 e. The Balaban J connectivity index is 1.55. The van der Waals surface area contributed by atoms with Crippen LogP contribution in [0.4, 0.5) is 0 Å². The minimum absolute atomic E-state index is 0.0387. The Kier molecular flexibility index (Phi) is 4.55. The van der Waals surface area contributed by atoms with E-state index < -0.39 is 0 Å². The summed E-state index contributed by atoms with van der Waals surface area (Å²) in [5.41, 5.74) is 1.03. The first-order valence-corrected chi connectivity index (χ1v) is 8.38. The molecule has 1 saturated heterocycles. The fourth-order valence-corrected chi connectivity index (χ4v) is 3.49. The molecule has 21 heavy (non-hydrogen) atoms. The number of nitrogens with one attached hydrogen (secondary N) is 2. The molecule has 2 N–H and O–H groups in total. The Labute approximate surface area is 128 Å². The molecule has 0 radical (unpaired) electrons. The number of carbonyl (C=O) groups excluding carboxylic acids is 1. The molecule has 2 heterocycles. The molecular formula is C15H20N2O3S. The first-order chi connectivity index (χ1) is 10.2. The van der Waals surface area contributed by atoms with Crippen LogP contribution in [0.3, 0.4) is 0 Å². The van der Waals surface area contributed by atoms with Crippen LogP contribution in [0, 0.1) is 0 Å². The van der Waals surface area contributed by atoms with Crippen molar-refractivity contribution in [2.75, 3.05) is 24.8 Å². The number of hydrogen-bond acceptors (Lipinski definition) is 5. The molecule has 0 saturated carbocycles. The SMILES string of the molecule is CC(NC(=O)CC1CSCCN1)c1ccc2c(c1)OCO2. The largest absolute Gasteiger partial charge is 0.454 e. The van der Waals surface area contributed by atoms with Crippen LogP contribution in [-0.4, -0.2) is 36.8 Å². The highest BCUT2D eigenvalue weighted by Gasteiger charge is 2.20. The Hall–Kier alpha value is -1.40. The second kappa shape index (κ2) is 6.58. The molecule has 1 aromatic carbocycles. The molecule has 3 rings (SSSR count). The van der Waals surface area contributed by atoms with Crippen LogP contribution in [0.5, 0.6) is 11.5 Å². The van der Waals surface area contributed by atoms with E-state index in [9.17, 15) is 4.79 Å². The van der Waals surface area contributed by atoms with Crippen molar-refractivity contribution < 1.29 is 14.3 Å². The van der Waals surface area contributed by atoms with Gasteiger partial charge in [-0.1, -0.05) is 6.07 Å². The monoisotopic (exact) mass is 308 g/mol. The van der Waals surface area contributed by atoms with E-state index in [1.54, 1.807) is 0 Å². The zero-order valence-electron chi connectivity index (χ0n) is 12.1. The van der Waals surface area contributed by atoms with Crippen molar-refractivity contribution in [2.45, 2.75) is 25.4 Å². The van der Waals surface area contributed by atoms with E-state index in [4.69, 9.17) is 9.47 Å². The summed E-state index contributed by atoms with van der Waals surface area (Å²) in [7, 11) is 0. The van der Waals surface area contributed by atoms with Gasteiger partial charge in [-0.05, 0) is 24.6 Å². The van der Waals surface area contributed by atoms with Crippen molar-refractivity contribution in [1.82, 2.24) is 10.6 Å². The summed E-state index contributed by atoms with van der Waals surface area (Å²) in [5.74, 6) is 3.73. The van der Waals surface area contributed by atoms with Gasteiger partial charge in [0.05, 0.1) is 6.04 Å². The summed E-state index contributed by atoms with van der Waals surface area (Å²) < 4.78 is 10.7. The number of fused-ring (bicyclic) bond motifs is 1. The molecule has 0 aromatic heterocycles. The maximum atomic E-state index is 12.1. The van der Waals surface area contributed by atoms with E-state index in [0.29, 0.717) is 6.42 Å². The summed E-state index contributed by atoms with van der Waals surface area (Å²) in [6, 6.07) is 6.03. The van der Waals surface area contributed by atoms with Gasteiger partial charge < -0.3 is 20.1 Å². The lowest BCUT2D eigenvalue weighted by molar-refractivity contribution is -0.122. The van der Waals surface area contributed by atoms with Crippen LogP contribution < -0.4 is 20.1 Å². The molecule has 1 fully saturated rings. The van der Waals surface area contributed by atoms with Crippen LogP contribution in [0.25, 0.3) is 0 Å². The van der Waals surface area contributed by atoms with Gasteiger partial charge in [0.1, 0.15) is 0 Å². The maximum absolute atomic E-state index is 12.1. The van der Waals surface area contributed by atoms with E-state index in [1.165, 1.54) is 0 Å². The van der Waals surface area contributed by atoms with Gasteiger partial charge in [-0.3, -0.25) is 4.79 Å². The Morgan fingerprint density at radius 2 is 2.33 bits per heavy atom. The second-order valence-corrected chi connectivity index (χ2v) is 6.48. The molecule has 0 bridgehead atoms. The van der Waals surface area contributed by atoms with Gasteiger partial charge in [-0.25, -0.2) is 0 Å². The Morgan fingerprint density at radius 3 is 3.14 bits per heavy atom. The number of carbonyl (C=O) groups is 1. The van der Waals surface area contributed by atoms with E-state index in [0.717, 1.165) is 35.1 Å². The first kappa shape index (κ1) is 14.5. The lowest BCUT2D eigenvalue weighted by atomic mass is 10.1. The number of hydrogen-bond donors (Lipinski definition) is 2. The molecule has 114 valence electrons. The van der Waals surface area contributed by atoms with Gasteiger partial charge in [-0.2, -0.15) is 11.8 Å². The summed E-state index contributed by atoms with van der Waals surface area (Å²) in [6.45, 7) is 3.24. The average Bonchev–Trinajstić information content (AvgIpc) is 2.95. The fraction of sp³-hybridized carbons (Fsp3) is 0.533. The van der Waals surface area contributed by atoms with Gasteiger partial charge in [0.15, 0.2) is 11.5 Å². The zero-order chi connectivity index (χ0) is 14.7. The standard InChI is InChI=1S/C15H20N2O3S/c1-10(11-2-3-13-14(6-11)20-9-19-13)17-15(18)7-12-8-21-5-4-16-12/h2-3,6,10,12,16H,4-5,7-9H2,1H3,(H,17,18). The third-order valence-electron chi connectivity index (χ3n) is 3.70. The van der Waals surface area contributed by atoms with Crippen LogP contribution in [-0.2, 0) is 4.79 Å². The molecule has 0 spiro atoms. The van der Waals surface area contributed by atoms with E-state index in [2.05, 4.69) is 10.6 Å². The van der Waals surface area contributed by atoms with E-state index in [1.807, 2.05) is 36.9 Å². The molecule has 2 unspecified atom stereocenters. The van der Waals surface area contributed by atoms with Crippen molar-refractivity contribution >= 4 is 17.7 Å². The number of thioether (sulfide) groups is 1. The summed E-state index contributed by atoms with van der Waals surface area (Å²) in [4.78, 5) is 12.1. The van der Waals surface area contributed by atoms with Crippen molar-refractivity contribution in [3.8, 4) is 11.5 Å². The van der Waals surface area contributed by atoms with E-state index in [-0.39, 0.29) is 24.8 Å². The number of rotatable bonds is 4. The Bertz CT molecular complexity index is 518. The van der Waals surface area contributed by atoms with Gasteiger partial charge in [0.2, 0.25) is 12.7 Å². The highest BCUT2D eigenvalue weighted by molar-refractivity contribution is 7.99. The molecule has 2 aliphatic heterocycles. The predicted octanol–water partition coefficient (Wildman–Crippen LogP) is 1.69. The quantitative estimate of drug-likeness (QED) is 0.886. The van der Waals surface area contributed by atoms with Gasteiger partial charge in [0.25, 0.3) is 0 Å². The average molecular weight is 308 g/mol. The zero-order valence-corrected chi connectivity index (χ0v) is 12.9. The van der Waals surface area contributed by atoms with Gasteiger partial charge >= 0.3 is 0 Å². The highest BCUT2D eigenvalue weighted by Crippen LogP contribution is 2.34. The van der Waals surface area contributed by atoms with Gasteiger partial charge in [-0.15, -0.1) is 0 Å². The van der Waals surface area contributed by atoms with Crippen molar-refractivity contribution in [1.29, 1.82) is 0 Å².